The molecule has 9 heavy (non-hydrogen) atoms. The van der Waals surface area contributed by atoms with Crippen molar-refractivity contribution in [2.75, 3.05) is 0 Å². The Morgan fingerprint density at radius 2 is 2.33 bits per heavy atom. The van der Waals surface area contributed by atoms with Crippen LogP contribution < -0.4 is 0 Å². The van der Waals surface area contributed by atoms with Gasteiger partial charge >= 0.3 is 5.97 Å². The number of halogens is 1. The van der Waals surface area contributed by atoms with Crippen LogP contribution in [0.5, 0.6) is 0 Å². The highest BCUT2D eigenvalue weighted by Gasteiger charge is 2.45. The van der Waals surface area contributed by atoms with E-state index in [0.29, 0.717) is 6.42 Å². The summed E-state index contributed by atoms with van der Waals surface area (Å²) in [7, 11) is 0. The zero-order valence-corrected chi connectivity index (χ0v) is 6.23. The Kier molecular flexibility index (Phi) is 1.43. The van der Waals surface area contributed by atoms with E-state index in [4.69, 9.17) is 16.3 Å². The Labute approximate surface area is 59.1 Å². The molecule has 0 bridgehead atoms. The SMILES string of the molecule is CC(Cl)C1(C)CC(=O)O1. The van der Waals surface area contributed by atoms with Gasteiger partial charge in [-0.05, 0) is 13.8 Å². The number of alkyl halides is 1. The fourth-order valence-corrected chi connectivity index (χ4v) is 0.882. The smallest absolute Gasteiger partial charge is 0.310 e. The first-order valence-corrected chi connectivity index (χ1v) is 3.34. The third kappa shape index (κ3) is 1.04. The molecule has 0 spiro atoms. The minimum absolute atomic E-state index is 0.0878. The number of rotatable bonds is 1. The van der Waals surface area contributed by atoms with E-state index in [1.807, 2.05) is 13.8 Å². The second-order valence-corrected chi connectivity index (χ2v) is 3.23. The van der Waals surface area contributed by atoms with Crippen LogP contribution in [0.15, 0.2) is 0 Å². The van der Waals surface area contributed by atoms with E-state index in [1.165, 1.54) is 0 Å². The van der Waals surface area contributed by atoms with Crippen molar-refractivity contribution >= 4 is 17.6 Å². The molecule has 0 saturated carbocycles. The Hall–Kier alpha value is -0.240. The van der Waals surface area contributed by atoms with Gasteiger partial charge in [0.1, 0.15) is 5.60 Å². The normalized spacial score (nSPS) is 37.0. The van der Waals surface area contributed by atoms with Crippen LogP contribution in [0, 0.1) is 0 Å². The molecule has 52 valence electrons. The Morgan fingerprint density at radius 1 is 1.89 bits per heavy atom. The second kappa shape index (κ2) is 1.87. The molecular formula is C6H9ClO2. The van der Waals surface area contributed by atoms with Crippen LogP contribution in [-0.2, 0) is 9.53 Å². The highest BCUT2D eigenvalue weighted by molar-refractivity contribution is 6.21. The Balaban J connectivity index is 2.49. The molecule has 0 aromatic heterocycles. The molecule has 2 nitrogen and oxygen atoms in total. The molecule has 1 saturated heterocycles. The highest BCUT2D eigenvalue weighted by atomic mass is 35.5. The lowest BCUT2D eigenvalue weighted by Gasteiger charge is -2.39. The highest BCUT2D eigenvalue weighted by Crippen LogP contribution is 2.33. The average Bonchev–Trinajstić information content (AvgIpc) is 1.62. The lowest BCUT2D eigenvalue weighted by molar-refractivity contribution is -0.187. The molecule has 0 aromatic carbocycles. The topological polar surface area (TPSA) is 26.3 Å². The van der Waals surface area contributed by atoms with E-state index in [-0.39, 0.29) is 11.3 Å². The molecule has 2 atom stereocenters. The fraction of sp³-hybridized carbons (Fsp3) is 0.833. The van der Waals surface area contributed by atoms with Gasteiger partial charge < -0.3 is 4.74 Å². The van der Waals surface area contributed by atoms with Crippen LogP contribution in [0.25, 0.3) is 0 Å². The predicted molar refractivity (Wildman–Crippen MR) is 34.4 cm³/mol. The van der Waals surface area contributed by atoms with Gasteiger partial charge in [-0.15, -0.1) is 11.6 Å². The van der Waals surface area contributed by atoms with Gasteiger partial charge in [0.25, 0.3) is 0 Å². The van der Waals surface area contributed by atoms with E-state index in [2.05, 4.69) is 0 Å². The van der Waals surface area contributed by atoms with Crippen molar-refractivity contribution in [2.45, 2.75) is 31.2 Å². The first kappa shape index (κ1) is 6.87. The first-order valence-electron chi connectivity index (χ1n) is 2.90. The van der Waals surface area contributed by atoms with Crippen LogP contribution in [-0.4, -0.2) is 16.9 Å². The largest absolute Gasteiger partial charge is 0.457 e. The van der Waals surface area contributed by atoms with Crippen LogP contribution in [0.3, 0.4) is 0 Å². The van der Waals surface area contributed by atoms with Crippen molar-refractivity contribution in [2.24, 2.45) is 0 Å². The minimum Gasteiger partial charge on any atom is -0.457 e. The number of carbonyl (C=O) groups is 1. The van der Waals surface area contributed by atoms with Gasteiger partial charge in [-0.2, -0.15) is 0 Å². The van der Waals surface area contributed by atoms with Gasteiger partial charge in [0.05, 0.1) is 11.8 Å². The molecule has 0 radical (unpaired) electrons. The van der Waals surface area contributed by atoms with E-state index in [1.54, 1.807) is 0 Å². The summed E-state index contributed by atoms with van der Waals surface area (Å²) >= 11 is 5.71. The fourth-order valence-electron chi connectivity index (χ4n) is 0.760. The summed E-state index contributed by atoms with van der Waals surface area (Å²) in [4.78, 5) is 10.3. The van der Waals surface area contributed by atoms with Crippen molar-refractivity contribution in [3.63, 3.8) is 0 Å². The first-order chi connectivity index (χ1) is 4.04. The van der Waals surface area contributed by atoms with Crippen LogP contribution >= 0.6 is 11.6 Å². The van der Waals surface area contributed by atoms with Crippen LogP contribution in [0.1, 0.15) is 20.3 Å². The van der Waals surface area contributed by atoms with E-state index >= 15 is 0 Å². The molecule has 3 heteroatoms. The lowest BCUT2D eigenvalue weighted by atomic mass is 9.93. The summed E-state index contributed by atoms with van der Waals surface area (Å²) in [5.74, 6) is -0.148. The van der Waals surface area contributed by atoms with Crippen molar-refractivity contribution in [1.82, 2.24) is 0 Å². The monoisotopic (exact) mass is 148 g/mol. The summed E-state index contributed by atoms with van der Waals surface area (Å²) in [5, 5.41) is -0.0878. The Bertz CT molecular complexity index is 134. The van der Waals surface area contributed by atoms with Gasteiger partial charge in [0.2, 0.25) is 0 Å². The molecule has 0 amide bonds. The number of hydrogen-bond donors (Lipinski definition) is 0. The summed E-state index contributed by atoms with van der Waals surface area (Å²) in [6.45, 7) is 3.67. The van der Waals surface area contributed by atoms with Crippen molar-refractivity contribution in [3.05, 3.63) is 0 Å². The molecule has 1 fully saturated rings. The minimum atomic E-state index is -0.390. The third-order valence-electron chi connectivity index (χ3n) is 1.68. The molecule has 0 aromatic rings. The second-order valence-electron chi connectivity index (χ2n) is 2.58. The van der Waals surface area contributed by atoms with Gasteiger partial charge in [0, 0.05) is 0 Å². The van der Waals surface area contributed by atoms with Crippen LogP contribution in [0.4, 0.5) is 0 Å². The number of carbonyl (C=O) groups excluding carboxylic acids is 1. The van der Waals surface area contributed by atoms with Gasteiger partial charge in [-0.1, -0.05) is 0 Å². The molecule has 1 heterocycles. The maximum absolute atomic E-state index is 10.3. The maximum atomic E-state index is 10.3. The summed E-state index contributed by atoms with van der Waals surface area (Å²) in [6.07, 6.45) is 0.456. The molecule has 1 rings (SSSR count). The Morgan fingerprint density at radius 3 is 2.44 bits per heavy atom. The standard InChI is InChI=1S/C6H9ClO2/c1-4(7)6(2)3-5(8)9-6/h4H,3H2,1-2H3. The number of cyclic esters (lactones) is 1. The summed E-state index contributed by atoms with van der Waals surface area (Å²) < 4.78 is 4.82. The van der Waals surface area contributed by atoms with Crippen molar-refractivity contribution < 1.29 is 9.53 Å². The molecule has 0 aliphatic carbocycles. The summed E-state index contributed by atoms with van der Waals surface area (Å²) in [6, 6.07) is 0. The summed E-state index contributed by atoms with van der Waals surface area (Å²) in [5.41, 5.74) is -0.390. The van der Waals surface area contributed by atoms with Gasteiger partial charge in [-0.25, -0.2) is 0 Å². The van der Waals surface area contributed by atoms with E-state index < -0.39 is 5.60 Å². The maximum Gasteiger partial charge on any atom is 0.310 e. The molecular weight excluding hydrogens is 140 g/mol. The lowest BCUT2D eigenvalue weighted by Crippen LogP contribution is -2.50. The van der Waals surface area contributed by atoms with Crippen molar-refractivity contribution in [3.8, 4) is 0 Å². The number of ether oxygens (including phenoxy) is 1. The van der Waals surface area contributed by atoms with Crippen molar-refractivity contribution in [1.29, 1.82) is 0 Å². The molecule has 1 aliphatic heterocycles. The molecule has 1 aliphatic rings. The van der Waals surface area contributed by atoms with Gasteiger partial charge in [-0.3, -0.25) is 4.79 Å². The number of esters is 1. The van der Waals surface area contributed by atoms with Gasteiger partial charge in [0.15, 0.2) is 0 Å². The zero-order chi connectivity index (χ0) is 7.07. The van der Waals surface area contributed by atoms with Crippen LogP contribution in [0.2, 0.25) is 0 Å². The zero-order valence-electron chi connectivity index (χ0n) is 5.48. The average molecular weight is 149 g/mol. The molecule has 0 N–H and O–H groups in total. The van der Waals surface area contributed by atoms with E-state index in [9.17, 15) is 4.79 Å². The third-order valence-corrected chi connectivity index (χ3v) is 2.15. The quantitative estimate of drug-likeness (QED) is 0.414. The molecule has 2 unspecified atom stereocenters. The number of hydrogen-bond acceptors (Lipinski definition) is 2. The van der Waals surface area contributed by atoms with E-state index in [0.717, 1.165) is 0 Å². The predicted octanol–water partition coefficient (Wildman–Crippen LogP) is 1.32.